The van der Waals surface area contributed by atoms with Crippen LogP contribution in [0, 0.1) is 33.5 Å². The number of ether oxygens (including phenoxy) is 3. The van der Waals surface area contributed by atoms with Crippen LogP contribution in [0.2, 0.25) is 25.7 Å². The van der Waals surface area contributed by atoms with Gasteiger partial charge in [-0.05, 0) is 195 Å². The van der Waals surface area contributed by atoms with Crippen LogP contribution < -0.4 is 10.6 Å². The highest BCUT2D eigenvalue weighted by molar-refractivity contribution is 14.2. The zero-order valence-electron chi connectivity index (χ0n) is 49.4. The SMILES string of the molecule is CC1(C)CCC(c2nc(C3CC(C)(C)OC(C)(C)C3)ccc2NC(=O)c2nc(C#N)cn2COCC[Si](C)(C)C)CC1.CC1(C)CCC(c2nc(C3CC(C)(C)OC(C)(C)C3)ccc2NC(=O)c2ncc(C#N)[nH]2)CC1.SI. The minimum absolute atomic E-state index is 0.129. The Bertz CT molecular complexity index is 2770. The van der Waals surface area contributed by atoms with Gasteiger partial charge in [-0.1, -0.05) is 47.3 Å². The van der Waals surface area contributed by atoms with Crippen molar-refractivity contribution in [1.82, 2.24) is 29.5 Å². The predicted octanol–water partition coefficient (Wildman–Crippen LogP) is 15.2. The Labute approximate surface area is 484 Å². The second-order valence-corrected chi connectivity index (χ2v) is 33.3. The van der Waals surface area contributed by atoms with Gasteiger partial charge in [0, 0.05) is 55.9 Å². The number of rotatable bonds is 13. The molecule has 78 heavy (non-hydrogen) atoms. The Balaban J connectivity index is 0.000000249. The molecule has 426 valence electrons. The molecule has 0 unspecified atom stereocenters. The summed E-state index contributed by atoms with van der Waals surface area (Å²) in [4.78, 5) is 48.2. The van der Waals surface area contributed by atoms with Crippen LogP contribution in [0.4, 0.5) is 11.4 Å². The summed E-state index contributed by atoms with van der Waals surface area (Å²) in [5, 5.41) is 24.7. The summed E-state index contributed by atoms with van der Waals surface area (Å²) in [6.07, 6.45) is 15.3. The topological polar surface area (TPSA) is 206 Å². The van der Waals surface area contributed by atoms with Crippen molar-refractivity contribution in [2.45, 2.75) is 239 Å². The number of hydrogen-bond donors (Lipinski definition) is 4. The number of H-pyrrole nitrogens is 1. The molecule has 2 amide bonds. The molecule has 2 aliphatic heterocycles. The molecule has 2 aliphatic carbocycles. The molecule has 4 fully saturated rings. The second kappa shape index (κ2) is 25.3. The quantitative estimate of drug-likeness (QED) is 0.0429. The molecule has 4 aromatic rings. The number of pyridine rings is 2. The van der Waals surface area contributed by atoms with E-state index in [1.807, 2.05) is 39.4 Å². The van der Waals surface area contributed by atoms with Crippen molar-refractivity contribution in [3.05, 3.63) is 82.5 Å². The van der Waals surface area contributed by atoms with Gasteiger partial charge in [0.05, 0.1) is 51.4 Å². The zero-order chi connectivity index (χ0) is 57.6. The van der Waals surface area contributed by atoms with Crippen LogP contribution in [0.3, 0.4) is 0 Å². The summed E-state index contributed by atoms with van der Waals surface area (Å²) in [5.74, 6) is 0.732. The number of aromatic nitrogens is 6. The maximum absolute atomic E-state index is 13.7. The first-order valence-corrected chi connectivity index (χ1v) is 35.0. The van der Waals surface area contributed by atoms with E-state index in [0.717, 1.165) is 117 Å². The highest BCUT2D eigenvalue weighted by Gasteiger charge is 2.43. The first-order valence-electron chi connectivity index (χ1n) is 28.0. The Morgan fingerprint density at radius 2 is 1.13 bits per heavy atom. The second-order valence-electron chi connectivity index (χ2n) is 27.7. The van der Waals surface area contributed by atoms with Crippen molar-refractivity contribution in [3.63, 3.8) is 0 Å². The largest absolute Gasteiger partial charge is 0.370 e. The Kier molecular flexibility index (Phi) is 20.4. The highest BCUT2D eigenvalue weighted by Crippen LogP contribution is 2.49. The summed E-state index contributed by atoms with van der Waals surface area (Å²) in [6, 6.07) is 13.2. The van der Waals surface area contributed by atoms with Gasteiger partial charge in [0.2, 0.25) is 5.82 Å². The fourth-order valence-corrected chi connectivity index (χ4v) is 13.1. The van der Waals surface area contributed by atoms with Gasteiger partial charge in [-0.15, -0.1) is 9.80 Å². The normalized spacial score (nSPS) is 20.9. The van der Waals surface area contributed by atoms with Crippen molar-refractivity contribution in [2.24, 2.45) is 10.8 Å². The molecule has 0 spiro atoms. The van der Waals surface area contributed by atoms with Crippen molar-refractivity contribution < 1.29 is 23.8 Å². The lowest BCUT2D eigenvalue weighted by atomic mass is 9.72. The van der Waals surface area contributed by atoms with Gasteiger partial charge in [-0.2, -0.15) is 10.5 Å². The van der Waals surface area contributed by atoms with Gasteiger partial charge < -0.3 is 34.4 Å². The third-order valence-corrected chi connectivity index (χ3v) is 17.7. The van der Waals surface area contributed by atoms with Crippen LogP contribution in [-0.2, 0) is 20.9 Å². The van der Waals surface area contributed by atoms with Gasteiger partial charge >= 0.3 is 0 Å². The molecule has 3 N–H and O–H groups in total. The third kappa shape index (κ3) is 17.7. The van der Waals surface area contributed by atoms with E-state index in [2.05, 4.69) is 156 Å². The van der Waals surface area contributed by atoms with Crippen LogP contribution in [0.25, 0.3) is 0 Å². The van der Waals surface area contributed by atoms with E-state index < -0.39 is 8.07 Å². The highest BCUT2D eigenvalue weighted by atomic mass is 127. The Morgan fingerprint density at radius 3 is 1.53 bits per heavy atom. The van der Waals surface area contributed by atoms with E-state index in [-0.39, 0.29) is 75.8 Å². The zero-order valence-corrected chi connectivity index (χ0v) is 53.4. The first-order chi connectivity index (χ1) is 36.3. The van der Waals surface area contributed by atoms with Gasteiger partial charge in [0.1, 0.15) is 24.6 Å². The van der Waals surface area contributed by atoms with Gasteiger partial charge in [-0.25, -0.2) is 9.97 Å². The number of nitriles is 2. The average Bonchev–Trinajstić information content (AvgIpc) is 4.02. The van der Waals surface area contributed by atoms with E-state index in [4.69, 9.17) is 29.4 Å². The molecule has 0 radical (unpaired) electrons. The summed E-state index contributed by atoms with van der Waals surface area (Å²) < 4.78 is 20.2. The fraction of sp³-hybridized carbons (Fsp3) is 0.667. The lowest BCUT2D eigenvalue weighted by Crippen LogP contribution is -2.44. The molecule has 18 heteroatoms. The van der Waals surface area contributed by atoms with E-state index in [0.29, 0.717) is 29.3 Å². The molecule has 8 rings (SSSR count). The standard InChI is InChI=1S/C33H51N5O3Si.C27H37N5O2.HIS/c1-31(2)14-12-23(13-15-31)28-27(11-10-26(36-28)24-18-32(3,4)41-33(5,6)19-24)37-30(39)29-35-25(20-34)21-38(29)22-40-16-17-42(7,8)9;1-25(2)11-9-17(10-12-25)22-21(32-24(33)23-29-16-19(15-28)30-23)8-7-20(31-22)18-13-26(3,4)34-27(5,6)14-18;1-2/h10-11,21,23-24H,12-19,22H2,1-9H3,(H,37,39);7-8,16-18H,9-14H2,1-6H3,(H,29,30)(H,32,33);2H. The number of amides is 2. The minimum Gasteiger partial charge on any atom is -0.370 e. The summed E-state index contributed by atoms with van der Waals surface area (Å²) in [6.45, 7) is 34.3. The Hall–Kier alpha value is -4.18. The van der Waals surface area contributed by atoms with E-state index >= 15 is 0 Å². The van der Waals surface area contributed by atoms with Crippen LogP contribution in [0.1, 0.15) is 239 Å². The number of aromatic amines is 1. The maximum atomic E-state index is 13.7. The number of thiol groups is 1. The van der Waals surface area contributed by atoms with Crippen LogP contribution in [0.5, 0.6) is 0 Å². The van der Waals surface area contributed by atoms with Crippen molar-refractivity contribution in [1.29, 1.82) is 10.5 Å². The molecule has 2 saturated heterocycles. The van der Waals surface area contributed by atoms with Crippen molar-refractivity contribution >= 4 is 62.3 Å². The number of nitrogens with zero attached hydrogens (tertiary/aromatic N) is 7. The van der Waals surface area contributed by atoms with Crippen molar-refractivity contribution in [3.8, 4) is 12.1 Å². The number of carbonyl (C=O) groups excluding carboxylic acids is 2. The lowest BCUT2D eigenvalue weighted by Gasteiger charge is -2.45. The summed E-state index contributed by atoms with van der Waals surface area (Å²) in [5.41, 5.74) is 5.76. The summed E-state index contributed by atoms with van der Waals surface area (Å²) in [7, 11) is 2.25. The van der Waals surface area contributed by atoms with Gasteiger partial charge in [0.25, 0.3) is 11.8 Å². The molecule has 0 atom stereocenters. The van der Waals surface area contributed by atoms with Crippen LogP contribution in [0.15, 0.2) is 36.7 Å². The van der Waals surface area contributed by atoms with Crippen LogP contribution in [-0.4, -0.2) is 78.4 Å². The molecule has 0 aromatic carbocycles. The maximum Gasteiger partial charge on any atom is 0.291 e. The number of imidazole rings is 2. The van der Waals surface area contributed by atoms with Gasteiger partial charge in [0.15, 0.2) is 11.5 Å². The molecule has 4 aliphatic rings. The Morgan fingerprint density at radius 1 is 0.692 bits per heavy atom. The van der Waals surface area contributed by atoms with Crippen molar-refractivity contribution in [2.75, 3.05) is 17.2 Å². The molecule has 0 bridgehead atoms. The molecule has 2 saturated carbocycles. The fourth-order valence-electron chi connectivity index (χ4n) is 12.4. The predicted molar refractivity (Wildman–Crippen MR) is 324 cm³/mol. The number of halogens is 1. The molecule has 6 heterocycles. The average molecular weight is 1220 g/mol. The van der Waals surface area contributed by atoms with E-state index in [1.54, 1.807) is 10.8 Å². The number of nitrogens with one attached hydrogen (secondary N) is 3. The minimum atomic E-state index is -1.24. The lowest BCUT2D eigenvalue weighted by molar-refractivity contribution is -0.162. The monoisotopic (exact) mass is 1220 g/mol. The number of anilines is 2. The molecular formula is C60H89IN10O5SSi. The van der Waals surface area contributed by atoms with Gasteiger partial charge in [-0.3, -0.25) is 19.6 Å². The first kappa shape index (κ1) is 63.0. The molecule has 4 aromatic heterocycles. The molecular weight excluding hydrogens is 1130 g/mol. The molecule has 15 nitrogen and oxygen atoms in total. The smallest absolute Gasteiger partial charge is 0.291 e. The number of hydrogen-bond acceptors (Lipinski definition) is 12. The number of carbonyl (C=O) groups is 2. The third-order valence-electron chi connectivity index (χ3n) is 16.0. The van der Waals surface area contributed by atoms with E-state index in [9.17, 15) is 14.9 Å². The van der Waals surface area contributed by atoms with Crippen LogP contribution >= 0.6 is 31.0 Å². The van der Waals surface area contributed by atoms with E-state index in [1.165, 1.54) is 6.20 Å². The summed E-state index contributed by atoms with van der Waals surface area (Å²) >= 11 is 1.84.